The molecule has 0 N–H and O–H groups in total. The molecule has 0 radical (unpaired) electrons. The average molecular weight is 333 g/mol. The van der Waals surface area contributed by atoms with Gasteiger partial charge >= 0.3 is 11.7 Å². The number of esters is 1. The molecule has 0 bridgehead atoms. The third-order valence-corrected chi connectivity index (χ3v) is 3.04. The summed E-state index contributed by atoms with van der Waals surface area (Å²) in [6, 6.07) is 0. The number of nitro groups is 1. The van der Waals surface area contributed by atoms with Gasteiger partial charge in [-0.05, 0) is 29.8 Å². The zero-order chi connectivity index (χ0) is 14.4. The van der Waals surface area contributed by atoms with Crippen LogP contribution in [-0.2, 0) is 9.53 Å². The van der Waals surface area contributed by atoms with Crippen molar-refractivity contribution < 1.29 is 19.2 Å². The first kappa shape index (κ1) is 15.4. The number of carbonyl (C=O) groups is 1. The van der Waals surface area contributed by atoms with Gasteiger partial charge in [-0.15, -0.1) is 0 Å². The van der Waals surface area contributed by atoms with Crippen molar-refractivity contribution >= 4 is 27.6 Å². The highest BCUT2D eigenvalue weighted by molar-refractivity contribution is 9.10. The normalized spacial score (nSPS) is 10.1. The summed E-state index contributed by atoms with van der Waals surface area (Å²) >= 11 is 3.16. The third kappa shape index (κ3) is 4.16. The molecule has 1 heterocycles. The van der Waals surface area contributed by atoms with Crippen LogP contribution in [0, 0.1) is 17.0 Å². The zero-order valence-electron chi connectivity index (χ0n) is 10.5. The molecule has 19 heavy (non-hydrogen) atoms. The van der Waals surface area contributed by atoms with Crippen LogP contribution in [0.15, 0.2) is 10.7 Å². The fourth-order valence-corrected chi connectivity index (χ4v) is 1.62. The van der Waals surface area contributed by atoms with Gasteiger partial charge in [0, 0.05) is 16.2 Å². The van der Waals surface area contributed by atoms with Gasteiger partial charge in [-0.2, -0.15) is 0 Å². The quantitative estimate of drug-likeness (QED) is 0.451. The number of hydrogen-bond donors (Lipinski definition) is 0. The molecule has 1 aromatic heterocycles. The predicted molar refractivity (Wildman–Crippen MR) is 70.1 cm³/mol. The number of ether oxygens (including phenoxy) is 2. The zero-order valence-corrected chi connectivity index (χ0v) is 12.1. The van der Waals surface area contributed by atoms with Gasteiger partial charge in [0.2, 0.25) is 0 Å². The molecule has 104 valence electrons. The van der Waals surface area contributed by atoms with Gasteiger partial charge < -0.3 is 9.47 Å². The Morgan fingerprint density at radius 3 is 2.84 bits per heavy atom. The molecular weight excluding hydrogens is 320 g/mol. The lowest BCUT2D eigenvalue weighted by molar-refractivity contribution is -0.386. The number of nitrogens with zero attached hydrogens (tertiary/aromatic N) is 2. The minimum atomic E-state index is -0.563. The van der Waals surface area contributed by atoms with Crippen molar-refractivity contribution in [1.82, 2.24) is 4.98 Å². The van der Waals surface area contributed by atoms with Crippen LogP contribution < -0.4 is 4.74 Å². The van der Waals surface area contributed by atoms with E-state index in [1.807, 2.05) is 0 Å². The molecule has 0 saturated carbocycles. The lowest BCUT2D eigenvalue weighted by atomic mass is 10.2. The lowest BCUT2D eigenvalue weighted by Crippen LogP contribution is -2.11. The molecule has 0 unspecified atom stereocenters. The van der Waals surface area contributed by atoms with Gasteiger partial charge in [-0.3, -0.25) is 14.9 Å². The van der Waals surface area contributed by atoms with Crippen molar-refractivity contribution in [2.75, 3.05) is 13.2 Å². The summed E-state index contributed by atoms with van der Waals surface area (Å²) in [5.41, 5.74) is 0.212. The molecular formula is C11H13BrN2O5. The van der Waals surface area contributed by atoms with Crippen LogP contribution in [-0.4, -0.2) is 29.1 Å². The van der Waals surface area contributed by atoms with Crippen molar-refractivity contribution in [3.8, 4) is 5.88 Å². The van der Waals surface area contributed by atoms with Crippen molar-refractivity contribution in [2.24, 2.45) is 0 Å². The van der Waals surface area contributed by atoms with Crippen LogP contribution in [0.25, 0.3) is 0 Å². The Bertz CT molecular complexity index is 492. The molecule has 7 nitrogen and oxygen atoms in total. The van der Waals surface area contributed by atoms with Gasteiger partial charge in [0.25, 0.3) is 5.88 Å². The first-order chi connectivity index (χ1) is 8.97. The fourth-order valence-electron chi connectivity index (χ4n) is 1.33. The SMILES string of the molecule is CCOC(=O)CCOc1ncc(Br)c(C)c1[N+](=O)[O-]. The molecule has 1 aromatic rings. The molecule has 0 aromatic carbocycles. The topological polar surface area (TPSA) is 91.6 Å². The number of hydrogen-bond acceptors (Lipinski definition) is 6. The highest BCUT2D eigenvalue weighted by atomic mass is 79.9. The molecule has 0 fully saturated rings. The standard InChI is InChI=1S/C11H13BrN2O5/c1-3-18-9(15)4-5-19-11-10(14(16)17)7(2)8(12)6-13-11/h6H,3-5H2,1-2H3. The molecule has 0 saturated heterocycles. The summed E-state index contributed by atoms with van der Waals surface area (Å²) in [5.74, 6) is -0.519. The van der Waals surface area contributed by atoms with Crippen LogP contribution in [0.2, 0.25) is 0 Å². The molecule has 0 aliphatic carbocycles. The third-order valence-electron chi connectivity index (χ3n) is 2.24. The predicted octanol–water partition coefficient (Wildman–Crippen LogP) is 2.39. The molecule has 1 rings (SSSR count). The van der Waals surface area contributed by atoms with Gasteiger partial charge in [0.1, 0.15) is 6.61 Å². The number of rotatable bonds is 6. The van der Waals surface area contributed by atoms with Crippen LogP contribution in [0.4, 0.5) is 5.69 Å². The summed E-state index contributed by atoms with van der Waals surface area (Å²) in [6.07, 6.45) is 1.43. The van der Waals surface area contributed by atoms with Crippen molar-refractivity contribution in [1.29, 1.82) is 0 Å². The summed E-state index contributed by atoms with van der Waals surface area (Å²) < 4.78 is 10.4. The molecule has 0 amide bonds. The minimum absolute atomic E-state index is 0.0157. The van der Waals surface area contributed by atoms with Gasteiger partial charge in [-0.25, -0.2) is 4.98 Å². The second-order valence-corrected chi connectivity index (χ2v) is 4.40. The summed E-state index contributed by atoms with van der Waals surface area (Å²) in [4.78, 5) is 25.4. The molecule has 0 aliphatic heterocycles. The van der Waals surface area contributed by atoms with Crippen LogP contribution in [0.1, 0.15) is 18.9 Å². The number of pyridine rings is 1. The smallest absolute Gasteiger partial charge is 0.334 e. The molecule has 0 spiro atoms. The Kier molecular flexibility index (Phi) is 5.68. The monoisotopic (exact) mass is 332 g/mol. The van der Waals surface area contributed by atoms with E-state index in [1.54, 1.807) is 13.8 Å². The molecule has 0 atom stereocenters. The van der Waals surface area contributed by atoms with E-state index in [0.717, 1.165) is 0 Å². The Morgan fingerprint density at radius 1 is 1.58 bits per heavy atom. The summed E-state index contributed by atoms with van der Waals surface area (Å²) in [6.45, 7) is 3.55. The van der Waals surface area contributed by atoms with Crippen LogP contribution >= 0.6 is 15.9 Å². The second kappa shape index (κ2) is 7.03. The van der Waals surface area contributed by atoms with Crippen molar-refractivity contribution in [3.05, 3.63) is 26.3 Å². The molecule has 0 aliphatic rings. The Labute approximate surface area is 118 Å². The van der Waals surface area contributed by atoms with E-state index < -0.39 is 10.9 Å². The van der Waals surface area contributed by atoms with E-state index >= 15 is 0 Å². The second-order valence-electron chi connectivity index (χ2n) is 3.55. The largest absolute Gasteiger partial charge is 0.472 e. The number of carbonyl (C=O) groups excluding carboxylic acids is 1. The molecule has 8 heteroatoms. The first-order valence-electron chi connectivity index (χ1n) is 5.55. The van der Waals surface area contributed by atoms with E-state index in [4.69, 9.17) is 9.47 Å². The van der Waals surface area contributed by atoms with E-state index in [2.05, 4.69) is 20.9 Å². The van der Waals surface area contributed by atoms with Crippen LogP contribution in [0.3, 0.4) is 0 Å². The highest BCUT2D eigenvalue weighted by Gasteiger charge is 2.22. The van der Waals surface area contributed by atoms with Crippen molar-refractivity contribution in [2.45, 2.75) is 20.3 Å². The van der Waals surface area contributed by atoms with E-state index in [0.29, 0.717) is 10.0 Å². The van der Waals surface area contributed by atoms with Crippen molar-refractivity contribution in [3.63, 3.8) is 0 Å². The number of aromatic nitrogens is 1. The summed E-state index contributed by atoms with van der Waals surface area (Å²) in [7, 11) is 0. The Morgan fingerprint density at radius 2 is 2.26 bits per heavy atom. The lowest BCUT2D eigenvalue weighted by Gasteiger charge is -2.07. The van der Waals surface area contributed by atoms with Gasteiger partial charge in [0.05, 0.1) is 18.0 Å². The number of halogens is 1. The highest BCUT2D eigenvalue weighted by Crippen LogP contribution is 2.32. The Balaban J connectivity index is 2.76. The maximum absolute atomic E-state index is 11.1. The first-order valence-corrected chi connectivity index (χ1v) is 6.34. The van der Waals surface area contributed by atoms with E-state index in [-0.39, 0.29) is 31.2 Å². The Hall–Kier alpha value is -1.70. The maximum Gasteiger partial charge on any atom is 0.334 e. The van der Waals surface area contributed by atoms with E-state index in [9.17, 15) is 14.9 Å². The minimum Gasteiger partial charge on any atom is -0.472 e. The van der Waals surface area contributed by atoms with Gasteiger partial charge in [-0.1, -0.05) is 0 Å². The maximum atomic E-state index is 11.1. The fraction of sp³-hybridized carbons (Fsp3) is 0.455. The summed E-state index contributed by atoms with van der Waals surface area (Å²) in [5, 5.41) is 11.0. The van der Waals surface area contributed by atoms with Gasteiger partial charge in [0.15, 0.2) is 0 Å². The van der Waals surface area contributed by atoms with E-state index in [1.165, 1.54) is 6.20 Å². The average Bonchev–Trinajstić information content (AvgIpc) is 2.33. The van der Waals surface area contributed by atoms with Crippen LogP contribution in [0.5, 0.6) is 5.88 Å².